The summed E-state index contributed by atoms with van der Waals surface area (Å²) in [6.45, 7) is 4.15. The van der Waals surface area contributed by atoms with Gasteiger partial charge in [-0.1, -0.05) is 56.3 Å². The van der Waals surface area contributed by atoms with E-state index in [9.17, 15) is 9.59 Å². The van der Waals surface area contributed by atoms with Crippen LogP contribution in [-0.2, 0) is 4.79 Å². The summed E-state index contributed by atoms with van der Waals surface area (Å²) in [7, 11) is 0. The fraction of sp³-hybridized carbons (Fsp3) is 0.300. The Bertz CT molecular complexity index is 735. The number of nitrogens with one attached hydrogen (secondary N) is 2. The molecule has 6 heteroatoms. The fourth-order valence-corrected chi connectivity index (χ4v) is 3.52. The number of benzene rings is 2. The number of amides is 3. The molecule has 0 bridgehead atoms. The average molecular weight is 372 g/mol. The molecule has 0 fully saturated rings. The third-order valence-corrected chi connectivity index (χ3v) is 4.93. The number of para-hydroxylation sites is 1. The smallest absolute Gasteiger partial charge is 0.319 e. The van der Waals surface area contributed by atoms with Crippen LogP contribution in [0.3, 0.4) is 0 Å². The van der Waals surface area contributed by atoms with E-state index in [1.54, 1.807) is 0 Å². The van der Waals surface area contributed by atoms with Crippen LogP contribution < -0.4 is 16.4 Å². The van der Waals surface area contributed by atoms with Gasteiger partial charge in [-0.25, -0.2) is 4.79 Å². The topological polar surface area (TPSA) is 84.2 Å². The number of hydrogen-bond donors (Lipinski definition) is 3. The van der Waals surface area contributed by atoms with Gasteiger partial charge in [0, 0.05) is 17.1 Å². The largest absolute Gasteiger partial charge is 0.370 e. The van der Waals surface area contributed by atoms with E-state index in [4.69, 9.17) is 5.73 Å². The second kappa shape index (κ2) is 9.87. The maximum absolute atomic E-state index is 12.5. The minimum Gasteiger partial charge on any atom is -0.370 e. The van der Waals surface area contributed by atoms with Crippen molar-refractivity contribution in [3.8, 4) is 0 Å². The Morgan fingerprint density at radius 1 is 1.04 bits per heavy atom. The van der Waals surface area contributed by atoms with Gasteiger partial charge in [0.15, 0.2) is 0 Å². The predicted octanol–water partition coefficient (Wildman–Crippen LogP) is 4.17. The Hall–Kier alpha value is -2.47. The van der Waals surface area contributed by atoms with Gasteiger partial charge in [0.05, 0.1) is 11.7 Å². The monoisotopic (exact) mass is 371 g/mol. The van der Waals surface area contributed by atoms with Crippen molar-refractivity contribution in [3.05, 3.63) is 60.2 Å². The van der Waals surface area contributed by atoms with Crippen molar-refractivity contribution in [2.24, 2.45) is 11.7 Å². The van der Waals surface area contributed by atoms with Crippen molar-refractivity contribution in [1.82, 2.24) is 5.32 Å². The number of urea groups is 1. The maximum Gasteiger partial charge on any atom is 0.319 e. The van der Waals surface area contributed by atoms with Crippen LogP contribution >= 0.6 is 11.8 Å². The molecule has 138 valence electrons. The molecule has 2 aromatic rings. The quantitative estimate of drug-likeness (QED) is 0.609. The summed E-state index contributed by atoms with van der Waals surface area (Å²) in [5.74, 6) is 0.500. The van der Waals surface area contributed by atoms with Crippen molar-refractivity contribution >= 4 is 29.4 Å². The van der Waals surface area contributed by atoms with E-state index in [0.717, 1.165) is 16.1 Å². The van der Waals surface area contributed by atoms with E-state index >= 15 is 0 Å². The standard InChI is InChI=1S/C20H25N3O2S/c1-14(2)19(15-8-4-3-5-9-15)23-20(25)22-16-10-6-7-11-17(16)26-13-12-18(21)24/h3-11,14,19H,12-13H2,1-2H3,(H2,21,24)(H2,22,23,25). The molecule has 0 aliphatic carbocycles. The molecule has 0 heterocycles. The summed E-state index contributed by atoms with van der Waals surface area (Å²) >= 11 is 1.50. The van der Waals surface area contributed by atoms with Gasteiger partial charge in [0.1, 0.15) is 0 Å². The van der Waals surface area contributed by atoms with E-state index in [-0.39, 0.29) is 23.9 Å². The molecule has 0 spiro atoms. The number of primary amides is 1. The van der Waals surface area contributed by atoms with Crippen LogP contribution in [0.25, 0.3) is 0 Å². The van der Waals surface area contributed by atoms with Gasteiger partial charge >= 0.3 is 6.03 Å². The normalized spacial score (nSPS) is 11.8. The molecular weight excluding hydrogens is 346 g/mol. The van der Waals surface area contributed by atoms with E-state index < -0.39 is 0 Å². The van der Waals surface area contributed by atoms with Gasteiger partial charge in [-0.05, 0) is 23.6 Å². The predicted molar refractivity (Wildman–Crippen MR) is 107 cm³/mol. The zero-order valence-electron chi connectivity index (χ0n) is 15.1. The highest BCUT2D eigenvalue weighted by molar-refractivity contribution is 7.99. The number of nitrogens with two attached hydrogens (primary N) is 1. The number of rotatable bonds is 8. The van der Waals surface area contributed by atoms with Gasteiger partial charge < -0.3 is 16.4 Å². The molecule has 3 amide bonds. The van der Waals surface area contributed by atoms with E-state index in [1.165, 1.54) is 11.8 Å². The molecule has 2 rings (SSSR count). The van der Waals surface area contributed by atoms with E-state index in [1.807, 2.05) is 54.6 Å². The lowest BCUT2D eigenvalue weighted by Crippen LogP contribution is -2.35. The maximum atomic E-state index is 12.5. The zero-order valence-corrected chi connectivity index (χ0v) is 15.9. The Balaban J connectivity index is 2.03. The molecule has 0 radical (unpaired) electrons. The summed E-state index contributed by atoms with van der Waals surface area (Å²) < 4.78 is 0. The van der Waals surface area contributed by atoms with Crippen LogP contribution in [-0.4, -0.2) is 17.7 Å². The minimum absolute atomic E-state index is 0.0779. The molecule has 2 aromatic carbocycles. The Kier molecular flexibility index (Phi) is 7.53. The van der Waals surface area contributed by atoms with Crippen molar-refractivity contribution < 1.29 is 9.59 Å². The average Bonchev–Trinajstić information content (AvgIpc) is 2.61. The molecule has 0 saturated carbocycles. The Morgan fingerprint density at radius 3 is 2.35 bits per heavy atom. The first-order valence-electron chi connectivity index (χ1n) is 8.60. The first kappa shape index (κ1) is 19.8. The molecule has 4 N–H and O–H groups in total. The van der Waals surface area contributed by atoms with Crippen molar-refractivity contribution in [3.63, 3.8) is 0 Å². The Labute approximate surface area is 158 Å². The van der Waals surface area contributed by atoms with Crippen LogP contribution in [0, 0.1) is 5.92 Å². The highest BCUT2D eigenvalue weighted by Gasteiger charge is 2.18. The van der Waals surface area contributed by atoms with Crippen LogP contribution in [0.2, 0.25) is 0 Å². The van der Waals surface area contributed by atoms with Gasteiger partial charge in [0.2, 0.25) is 5.91 Å². The molecule has 0 aromatic heterocycles. The lowest BCUT2D eigenvalue weighted by molar-refractivity contribution is -0.117. The first-order valence-corrected chi connectivity index (χ1v) is 9.58. The number of carbonyl (C=O) groups excluding carboxylic acids is 2. The number of hydrogen-bond acceptors (Lipinski definition) is 3. The molecule has 0 aliphatic rings. The number of anilines is 1. The van der Waals surface area contributed by atoms with Crippen LogP contribution in [0.5, 0.6) is 0 Å². The summed E-state index contributed by atoms with van der Waals surface area (Å²) in [4.78, 5) is 24.3. The highest BCUT2D eigenvalue weighted by Crippen LogP contribution is 2.28. The first-order chi connectivity index (χ1) is 12.5. The summed E-state index contributed by atoms with van der Waals surface area (Å²) in [6.07, 6.45) is 0.300. The summed E-state index contributed by atoms with van der Waals surface area (Å²) in [6, 6.07) is 17.1. The third-order valence-electron chi connectivity index (χ3n) is 3.85. The summed E-state index contributed by atoms with van der Waals surface area (Å²) in [5, 5.41) is 5.97. The number of thioether (sulfide) groups is 1. The highest BCUT2D eigenvalue weighted by atomic mass is 32.2. The minimum atomic E-state index is -0.330. The van der Waals surface area contributed by atoms with Crippen molar-refractivity contribution in [1.29, 1.82) is 0 Å². The van der Waals surface area contributed by atoms with Gasteiger partial charge in [-0.2, -0.15) is 0 Å². The molecule has 1 unspecified atom stereocenters. The van der Waals surface area contributed by atoms with E-state index in [0.29, 0.717) is 12.2 Å². The Morgan fingerprint density at radius 2 is 1.69 bits per heavy atom. The lowest BCUT2D eigenvalue weighted by Gasteiger charge is -2.23. The van der Waals surface area contributed by atoms with Crippen molar-refractivity contribution in [2.75, 3.05) is 11.1 Å². The van der Waals surface area contributed by atoms with Gasteiger partial charge in [-0.15, -0.1) is 11.8 Å². The summed E-state index contributed by atoms with van der Waals surface area (Å²) in [5.41, 5.74) is 6.97. The van der Waals surface area contributed by atoms with Crippen LogP contribution in [0.15, 0.2) is 59.5 Å². The number of carbonyl (C=O) groups is 2. The lowest BCUT2D eigenvalue weighted by atomic mass is 9.96. The SMILES string of the molecule is CC(C)C(NC(=O)Nc1ccccc1SCCC(N)=O)c1ccccc1. The molecule has 26 heavy (non-hydrogen) atoms. The third kappa shape index (κ3) is 6.11. The molecule has 0 saturated heterocycles. The van der Waals surface area contributed by atoms with E-state index in [2.05, 4.69) is 24.5 Å². The second-order valence-corrected chi connectivity index (χ2v) is 7.43. The molecule has 1 atom stereocenters. The van der Waals surface area contributed by atoms with Crippen molar-refractivity contribution in [2.45, 2.75) is 31.2 Å². The van der Waals surface area contributed by atoms with Crippen LogP contribution in [0.4, 0.5) is 10.5 Å². The molecular formula is C20H25N3O2S. The fourth-order valence-electron chi connectivity index (χ4n) is 2.55. The van der Waals surface area contributed by atoms with Gasteiger partial charge in [0.25, 0.3) is 0 Å². The van der Waals surface area contributed by atoms with Crippen LogP contribution in [0.1, 0.15) is 31.9 Å². The molecule has 5 nitrogen and oxygen atoms in total. The zero-order chi connectivity index (χ0) is 18.9. The second-order valence-electron chi connectivity index (χ2n) is 6.29. The van der Waals surface area contributed by atoms with Gasteiger partial charge in [-0.3, -0.25) is 4.79 Å². The molecule has 0 aliphatic heterocycles.